The molecule has 2 aromatic carbocycles. The van der Waals surface area contributed by atoms with Gasteiger partial charge in [-0.05, 0) is 36.4 Å². The summed E-state index contributed by atoms with van der Waals surface area (Å²) >= 11 is 1.45. The van der Waals surface area contributed by atoms with Gasteiger partial charge in [-0.1, -0.05) is 12.1 Å². The maximum atomic E-state index is 12.9. The van der Waals surface area contributed by atoms with Gasteiger partial charge in [-0.25, -0.2) is 14.2 Å². The van der Waals surface area contributed by atoms with Crippen molar-refractivity contribution >= 4 is 28.9 Å². The molecule has 0 aliphatic heterocycles. The van der Waals surface area contributed by atoms with Crippen molar-refractivity contribution in [3.05, 3.63) is 76.5 Å². The minimum atomic E-state index is -0.682. The standard InChI is InChI=1S/C19H15FN2O4S/c20-13-5-7-14(8-6-13)22-18(23)10-26-19(24)16-3-1-2-4-17(16)25-9-15-11-27-12-21-15/h1-8,11-12H,9-10H2,(H,22,23). The fraction of sp³-hybridized carbons (Fsp3) is 0.105. The molecule has 3 rings (SSSR count). The highest BCUT2D eigenvalue weighted by Gasteiger charge is 2.15. The molecule has 1 heterocycles. The molecule has 0 fully saturated rings. The zero-order valence-corrected chi connectivity index (χ0v) is 14.9. The lowest BCUT2D eigenvalue weighted by molar-refractivity contribution is -0.119. The Kier molecular flexibility index (Phi) is 6.11. The number of carbonyl (C=O) groups excluding carboxylic acids is 2. The summed E-state index contributed by atoms with van der Waals surface area (Å²) in [6.45, 7) is -0.254. The molecule has 0 aliphatic rings. The first-order valence-corrected chi connectivity index (χ1v) is 8.87. The number of hydrogen-bond donors (Lipinski definition) is 1. The highest BCUT2D eigenvalue weighted by molar-refractivity contribution is 7.07. The van der Waals surface area contributed by atoms with Crippen LogP contribution in [0.1, 0.15) is 16.1 Å². The normalized spacial score (nSPS) is 10.3. The number of hydrogen-bond acceptors (Lipinski definition) is 6. The van der Waals surface area contributed by atoms with Gasteiger partial charge in [-0.3, -0.25) is 4.79 Å². The minimum absolute atomic E-state index is 0.210. The van der Waals surface area contributed by atoms with Crippen LogP contribution in [-0.4, -0.2) is 23.5 Å². The quantitative estimate of drug-likeness (QED) is 0.627. The predicted octanol–water partition coefficient (Wildman–Crippen LogP) is 3.66. The van der Waals surface area contributed by atoms with Crippen LogP contribution in [-0.2, 0) is 16.1 Å². The molecule has 8 heteroatoms. The van der Waals surface area contributed by atoms with Crippen LogP contribution >= 0.6 is 11.3 Å². The highest BCUT2D eigenvalue weighted by atomic mass is 32.1. The number of esters is 1. The minimum Gasteiger partial charge on any atom is -0.486 e. The van der Waals surface area contributed by atoms with E-state index in [9.17, 15) is 14.0 Å². The maximum Gasteiger partial charge on any atom is 0.342 e. The molecule has 3 aromatic rings. The lowest BCUT2D eigenvalue weighted by Gasteiger charge is -2.10. The summed E-state index contributed by atoms with van der Waals surface area (Å²) in [5, 5.41) is 4.36. The van der Waals surface area contributed by atoms with Crippen molar-refractivity contribution in [2.45, 2.75) is 6.61 Å². The van der Waals surface area contributed by atoms with E-state index in [1.807, 2.05) is 5.38 Å². The Bertz CT molecular complexity index is 914. The third kappa shape index (κ3) is 5.35. The summed E-state index contributed by atoms with van der Waals surface area (Å²) in [4.78, 5) is 28.3. The number of aromatic nitrogens is 1. The smallest absolute Gasteiger partial charge is 0.342 e. The van der Waals surface area contributed by atoms with Gasteiger partial charge in [0.25, 0.3) is 5.91 Å². The Balaban J connectivity index is 1.55. The summed E-state index contributed by atoms with van der Waals surface area (Å²) in [5.74, 6) is -1.28. The molecule has 0 spiro atoms. The van der Waals surface area contributed by atoms with Gasteiger partial charge >= 0.3 is 5.97 Å². The van der Waals surface area contributed by atoms with Crippen LogP contribution in [0.4, 0.5) is 10.1 Å². The summed E-state index contributed by atoms with van der Waals surface area (Å²) in [7, 11) is 0. The second-order valence-corrected chi connectivity index (χ2v) is 6.11. The maximum absolute atomic E-state index is 12.9. The first-order chi connectivity index (χ1) is 13.1. The zero-order chi connectivity index (χ0) is 19.1. The van der Waals surface area contributed by atoms with Crippen molar-refractivity contribution in [3.63, 3.8) is 0 Å². The van der Waals surface area contributed by atoms with Gasteiger partial charge in [-0.2, -0.15) is 0 Å². The number of amides is 1. The van der Waals surface area contributed by atoms with Crippen LogP contribution in [0.15, 0.2) is 59.4 Å². The van der Waals surface area contributed by atoms with Crippen molar-refractivity contribution < 1.29 is 23.5 Å². The Morgan fingerprint density at radius 3 is 2.63 bits per heavy atom. The molecule has 6 nitrogen and oxygen atoms in total. The van der Waals surface area contributed by atoms with Gasteiger partial charge in [0, 0.05) is 11.1 Å². The fourth-order valence-corrected chi connectivity index (χ4v) is 2.70. The first kappa shape index (κ1) is 18.5. The molecule has 0 bridgehead atoms. The molecular weight excluding hydrogens is 371 g/mol. The van der Waals surface area contributed by atoms with E-state index in [1.165, 1.54) is 35.6 Å². The second-order valence-electron chi connectivity index (χ2n) is 5.40. The zero-order valence-electron chi connectivity index (χ0n) is 14.1. The molecular formula is C19H15FN2O4S. The number of ether oxygens (including phenoxy) is 2. The Hall–Kier alpha value is -3.26. The molecule has 1 N–H and O–H groups in total. The fourth-order valence-electron chi connectivity index (χ4n) is 2.16. The molecule has 1 aromatic heterocycles. The summed E-state index contributed by atoms with van der Waals surface area (Å²) in [6.07, 6.45) is 0. The second kappa shape index (κ2) is 8.91. The topological polar surface area (TPSA) is 77.5 Å². The number of benzene rings is 2. The average molecular weight is 386 g/mol. The number of anilines is 1. The van der Waals surface area contributed by atoms with E-state index in [2.05, 4.69) is 10.3 Å². The van der Waals surface area contributed by atoms with Crippen LogP contribution in [0, 0.1) is 5.82 Å². The number of nitrogens with one attached hydrogen (secondary N) is 1. The number of carbonyl (C=O) groups is 2. The van der Waals surface area contributed by atoms with Gasteiger partial charge in [-0.15, -0.1) is 11.3 Å². The molecule has 27 heavy (non-hydrogen) atoms. The molecule has 0 unspecified atom stereocenters. The summed E-state index contributed by atoms with van der Waals surface area (Å²) in [6, 6.07) is 11.9. The van der Waals surface area contributed by atoms with Crippen molar-refractivity contribution in [2.75, 3.05) is 11.9 Å². The lowest BCUT2D eigenvalue weighted by Crippen LogP contribution is -2.21. The predicted molar refractivity (Wildman–Crippen MR) is 98.2 cm³/mol. The SMILES string of the molecule is O=C(COC(=O)c1ccccc1OCc1cscn1)Nc1ccc(F)cc1. The van der Waals surface area contributed by atoms with E-state index in [-0.39, 0.29) is 12.2 Å². The third-order valence-electron chi connectivity index (χ3n) is 3.43. The van der Waals surface area contributed by atoms with Crippen LogP contribution in [0.25, 0.3) is 0 Å². The van der Waals surface area contributed by atoms with Crippen molar-refractivity contribution in [2.24, 2.45) is 0 Å². The summed E-state index contributed by atoms with van der Waals surface area (Å²) < 4.78 is 23.5. The molecule has 0 atom stereocenters. The summed E-state index contributed by atoms with van der Waals surface area (Å²) in [5.41, 5.74) is 3.06. The molecule has 0 aliphatic carbocycles. The number of halogens is 1. The van der Waals surface area contributed by atoms with Gasteiger partial charge in [0.05, 0.1) is 11.2 Å². The van der Waals surface area contributed by atoms with Crippen molar-refractivity contribution in [1.82, 2.24) is 4.98 Å². The van der Waals surface area contributed by atoms with E-state index in [0.717, 1.165) is 5.69 Å². The number of thiazole rings is 1. The largest absolute Gasteiger partial charge is 0.486 e. The van der Waals surface area contributed by atoms with Gasteiger partial charge in [0.1, 0.15) is 23.7 Å². The Morgan fingerprint density at radius 2 is 1.89 bits per heavy atom. The third-order valence-corrected chi connectivity index (χ3v) is 4.06. The van der Waals surface area contributed by atoms with Crippen LogP contribution in [0.2, 0.25) is 0 Å². The van der Waals surface area contributed by atoms with Gasteiger partial charge < -0.3 is 14.8 Å². The number of para-hydroxylation sites is 1. The van der Waals surface area contributed by atoms with Crippen LogP contribution in [0.3, 0.4) is 0 Å². The highest BCUT2D eigenvalue weighted by Crippen LogP contribution is 2.20. The van der Waals surface area contributed by atoms with E-state index in [1.54, 1.807) is 29.8 Å². The molecule has 138 valence electrons. The molecule has 0 saturated heterocycles. The van der Waals surface area contributed by atoms with Crippen molar-refractivity contribution in [3.8, 4) is 5.75 Å². The monoisotopic (exact) mass is 386 g/mol. The Morgan fingerprint density at radius 1 is 1.11 bits per heavy atom. The first-order valence-electron chi connectivity index (χ1n) is 7.93. The van der Waals surface area contributed by atoms with Crippen LogP contribution < -0.4 is 10.1 Å². The number of nitrogens with zero attached hydrogens (tertiary/aromatic N) is 1. The van der Waals surface area contributed by atoms with E-state index >= 15 is 0 Å². The van der Waals surface area contributed by atoms with Gasteiger partial charge in [0.15, 0.2) is 6.61 Å². The van der Waals surface area contributed by atoms with E-state index < -0.39 is 24.3 Å². The Labute approximate surface area is 158 Å². The van der Waals surface area contributed by atoms with Gasteiger partial charge in [0.2, 0.25) is 0 Å². The van der Waals surface area contributed by atoms with Crippen LogP contribution in [0.5, 0.6) is 5.75 Å². The number of rotatable bonds is 7. The lowest BCUT2D eigenvalue weighted by atomic mass is 10.2. The molecule has 0 saturated carbocycles. The van der Waals surface area contributed by atoms with E-state index in [4.69, 9.17) is 9.47 Å². The average Bonchev–Trinajstić information content (AvgIpc) is 3.20. The van der Waals surface area contributed by atoms with Crippen molar-refractivity contribution in [1.29, 1.82) is 0 Å². The molecule has 1 amide bonds. The molecule has 0 radical (unpaired) electrons. The van der Waals surface area contributed by atoms with E-state index in [0.29, 0.717) is 11.4 Å².